The number of anilines is 1. The van der Waals surface area contributed by atoms with E-state index in [1.165, 1.54) is 0 Å². The molecular weight excluding hydrogens is 278 g/mol. The van der Waals surface area contributed by atoms with E-state index in [1.807, 2.05) is 25.1 Å². The van der Waals surface area contributed by atoms with Gasteiger partial charge in [0.25, 0.3) is 0 Å². The summed E-state index contributed by atoms with van der Waals surface area (Å²) in [6.45, 7) is 3.95. The molecule has 2 aliphatic rings. The number of Topliss-reactive ketones (excluding diaryl/α,β-unsaturated/α-hetero) is 1. The molecule has 6 heteroatoms. The molecule has 6 nitrogen and oxygen atoms in total. The predicted octanol–water partition coefficient (Wildman–Crippen LogP) is 2.25. The van der Waals surface area contributed by atoms with Crippen molar-refractivity contribution < 1.29 is 4.79 Å². The van der Waals surface area contributed by atoms with Crippen molar-refractivity contribution in [3.05, 3.63) is 47.2 Å². The molecule has 0 aromatic carbocycles. The van der Waals surface area contributed by atoms with E-state index in [0.717, 1.165) is 23.4 Å². The molecular formula is C16H17N5O. The lowest BCUT2D eigenvalue weighted by molar-refractivity contribution is -0.117. The molecule has 2 aromatic heterocycles. The third-order valence-electron chi connectivity index (χ3n) is 4.20. The third kappa shape index (κ3) is 1.94. The molecule has 22 heavy (non-hydrogen) atoms. The van der Waals surface area contributed by atoms with Gasteiger partial charge in [-0.2, -0.15) is 10.1 Å². The van der Waals surface area contributed by atoms with Gasteiger partial charge in [0.05, 0.1) is 5.69 Å². The average Bonchev–Trinajstić information content (AvgIpc) is 2.85. The van der Waals surface area contributed by atoms with Crippen molar-refractivity contribution >= 4 is 11.7 Å². The van der Waals surface area contributed by atoms with Crippen LogP contribution >= 0.6 is 0 Å². The number of aryl methyl sites for hydroxylation is 1. The van der Waals surface area contributed by atoms with Gasteiger partial charge in [-0.3, -0.25) is 9.78 Å². The van der Waals surface area contributed by atoms with Gasteiger partial charge in [0.2, 0.25) is 5.95 Å². The number of ketones is 1. The predicted molar refractivity (Wildman–Crippen MR) is 81.2 cm³/mol. The maximum Gasteiger partial charge on any atom is 0.226 e. The van der Waals surface area contributed by atoms with Crippen molar-refractivity contribution in [3.63, 3.8) is 0 Å². The van der Waals surface area contributed by atoms with Gasteiger partial charge >= 0.3 is 0 Å². The van der Waals surface area contributed by atoms with Crippen molar-refractivity contribution in [2.75, 3.05) is 5.32 Å². The van der Waals surface area contributed by atoms with E-state index in [2.05, 4.69) is 27.3 Å². The zero-order valence-electron chi connectivity index (χ0n) is 12.6. The van der Waals surface area contributed by atoms with Gasteiger partial charge < -0.3 is 5.32 Å². The topological polar surface area (TPSA) is 72.7 Å². The highest BCUT2D eigenvalue weighted by atomic mass is 16.1. The number of aromatic nitrogens is 4. The number of nitrogens with zero attached hydrogens (tertiary/aromatic N) is 4. The third-order valence-corrected chi connectivity index (χ3v) is 4.20. The summed E-state index contributed by atoms with van der Waals surface area (Å²) in [5.41, 5.74) is 2.58. The molecule has 0 radical (unpaired) electrons. The van der Waals surface area contributed by atoms with Crippen molar-refractivity contribution in [3.8, 4) is 0 Å². The Kier molecular flexibility index (Phi) is 2.85. The standard InChI is InChI=1S/C16H17N5O/c1-9-7-12-14(13(22)8-9)15(11-5-3-4-6-17-11)21-16(19-12)18-10(2)20-21/h3-6,9,15H,7-8H2,1-2H3,(H,18,19,20)/t9-,15-/m1/s1. The van der Waals surface area contributed by atoms with Crippen LogP contribution in [0.1, 0.15) is 37.3 Å². The van der Waals surface area contributed by atoms with Crippen LogP contribution in [-0.2, 0) is 4.79 Å². The van der Waals surface area contributed by atoms with Gasteiger partial charge in [0.1, 0.15) is 11.9 Å². The maximum atomic E-state index is 12.7. The van der Waals surface area contributed by atoms with Gasteiger partial charge in [-0.15, -0.1) is 0 Å². The molecule has 1 N–H and O–H groups in total. The molecule has 1 aliphatic carbocycles. The van der Waals surface area contributed by atoms with Crippen LogP contribution < -0.4 is 5.32 Å². The molecule has 112 valence electrons. The summed E-state index contributed by atoms with van der Waals surface area (Å²) >= 11 is 0. The van der Waals surface area contributed by atoms with Crippen molar-refractivity contribution in [1.82, 2.24) is 19.7 Å². The molecule has 1 aliphatic heterocycles. The number of hydrogen-bond acceptors (Lipinski definition) is 5. The highest BCUT2D eigenvalue weighted by Crippen LogP contribution is 2.40. The van der Waals surface area contributed by atoms with Crippen molar-refractivity contribution in [2.45, 2.75) is 32.7 Å². The maximum absolute atomic E-state index is 12.7. The molecule has 0 bridgehead atoms. The van der Waals surface area contributed by atoms with Crippen LogP contribution in [0, 0.1) is 12.8 Å². The Balaban J connectivity index is 1.92. The molecule has 0 unspecified atom stereocenters. The summed E-state index contributed by atoms with van der Waals surface area (Å²) in [7, 11) is 0. The fourth-order valence-electron chi connectivity index (χ4n) is 3.32. The Bertz CT molecular complexity index is 777. The fraction of sp³-hybridized carbons (Fsp3) is 0.375. The van der Waals surface area contributed by atoms with Gasteiger partial charge in [0, 0.05) is 23.9 Å². The molecule has 0 amide bonds. The van der Waals surface area contributed by atoms with Gasteiger partial charge in [-0.05, 0) is 31.4 Å². The van der Waals surface area contributed by atoms with E-state index >= 15 is 0 Å². The monoisotopic (exact) mass is 295 g/mol. The Morgan fingerprint density at radius 3 is 2.95 bits per heavy atom. The summed E-state index contributed by atoms with van der Waals surface area (Å²) in [4.78, 5) is 21.5. The summed E-state index contributed by atoms with van der Waals surface area (Å²) < 4.78 is 1.78. The van der Waals surface area contributed by atoms with Gasteiger partial charge in [-0.25, -0.2) is 4.68 Å². The minimum absolute atomic E-state index is 0.177. The number of nitrogens with one attached hydrogen (secondary N) is 1. The number of allylic oxidation sites excluding steroid dienone is 2. The summed E-state index contributed by atoms with van der Waals surface area (Å²) in [6, 6.07) is 5.46. The lowest BCUT2D eigenvalue weighted by Gasteiger charge is -2.33. The molecule has 0 saturated carbocycles. The lowest BCUT2D eigenvalue weighted by Crippen LogP contribution is -2.33. The zero-order valence-corrected chi connectivity index (χ0v) is 12.6. The molecule has 0 fully saturated rings. The fourth-order valence-corrected chi connectivity index (χ4v) is 3.32. The molecule has 0 spiro atoms. The first-order chi connectivity index (χ1) is 10.6. The second-order valence-corrected chi connectivity index (χ2v) is 6.04. The summed E-state index contributed by atoms with van der Waals surface area (Å²) in [6.07, 6.45) is 3.18. The van der Waals surface area contributed by atoms with Crippen LogP contribution in [0.2, 0.25) is 0 Å². The number of pyridine rings is 1. The molecule has 4 rings (SSSR count). The van der Waals surface area contributed by atoms with E-state index < -0.39 is 0 Å². The van der Waals surface area contributed by atoms with Gasteiger partial charge in [-0.1, -0.05) is 13.0 Å². The Labute approximate surface area is 128 Å². The van der Waals surface area contributed by atoms with Gasteiger partial charge in [0.15, 0.2) is 5.78 Å². The number of carbonyl (C=O) groups excluding carboxylic acids is 1. The first-order valence-electron chi connectivity index (χ1n) is 7.51. The van der Waals surface area contributed by atoms with E-state index in [-0.39, 0.29) is 11.8 Å². The quantitative estimate of drug-likeness (QED) is 0.873. The number of fused-ring (bicyclic) bond motifs is 1. The van der Waals surface area contributed by atoms with Crippen LogP contribution in [-0.4, -0.2) is 25.5 Å². The first-order valence-corrected chi connectivity index (χ1v) is 7.51. The zero-order chi connectivity index (χ0) is 15.3. The number of hydrogen-bond donors (Lipinski definition) is 1. The second kappa shape index (κ2) is 4.76. The molecule has 3 heterocycles. The first kappa shape index (κ1) is 13.2. The Morgan fingerprint density at radius 1 is 1.32 bits per heavy atom. The Morgan fingerprint density at radius 2 is 2.18 bits per heavy atom. The highest BCUT2D eigenvalue weighted by molar-refractivity contribution is 5.99. The largest absolute Gasteiger partial charge is 0.328 e. The molecule has 0 saturated heterocycles. The average molecular weight is 295 g/mol. The summed E-state index contributed by atoms with van der Waals surface area (Å²) in [5, 5.41) is 7.77. The number of carbonyl (C=O) groups is 1. The smallest absolute Gasteiger partial charge is 0.226 e. The minimum Gasteiger partial charge on any atom is -0.328 e. The van der Waals surface area contributed by atoms with Crippen LogP contribution in [0.25, 0.3) is 0 Å². The van der Waals surface area contributed by atoms with Crippen LogP contribution in [0.5, 0.6) is 0 Å². The lowest BCUT2D eigenvalue weighted by atomic mass is 9.82. The van der Waals surface area contributed by atoms with E-state index in [9.17, 15) is 4.79 Å². The normalized spacial score (nSPS) is 23.8. The van der Waals surface area contributed by atoms with E-state index in [0.29, 0.717) is 24.1 Å². The van der Waals surface area contributed by atoms with E-state index in [4.69, 9.17) is 0 Å². The minimum atomic E-state index is -0.284. The second-order valence-electron chi connectivity index (χ2n) is 6.04. The number of rotatable bonds is 1. The summed E-state index contributed by atoms with van der Waals surface area (Å²) in [5.74, 6) is 1.90. The molecule has 2 atom stereocenters. The van der Waals surface area contributed by atoms with Crippen LogP contribution in [0.15, 0.2) is 35.7 Å². The van der Waals surface area contributed by atoms with Crippen LogP contribution in [0.3, 0.4) is 0 Å². The Hall–Kier alpha value is -2.50. The highest BCUT2D eigenvalue weighted by Gasteiger charge is 2.38. The molecule has 2 aromatic rings. The van der Waals surface area contributed by atoms with E-state index in [1.54, 1.807) is 10.9 Å². The SMILES string of the molecule is Cc1nc2n(n1)[C@H](c1ccccn1)C1=C(C[C@@H](C)CC1=O)N2. The van der Waals surface area contributed by atoms with Crippen LogP contribution in [0.4, 0.5) is 5.95 Å². The van der Waals surface area contributed by atoms with Crippen molar-refractivity contribution in [2.24, 2.45) is 5.92 Å². The van der Waals surface area contributed by atoms with Crippen molar-refractivity contribution in [1.29, 1.82) is 0 Å².